The number of carbonyl (C=O) groups is 2. The first kappa shape index (κ1) is 11.6. The van der Waals surface area contributed by atoms with E-state index in [1.54, 1.807) is 12.1 Å². The van der Waals surface area contributed by atoms with Gasteiger partial charge in [0.2, 0.25) is 5.91 Å². The summed E-state index contributed by atoms with van der Waals surface area (Å²) >= 11 is 0. The number of rotatable bonds is 3. The van der Waals surface area contributed by atoms with Crippen LogP contribution in [0.15, 0.2) is 30.5 Å². The predicted molar refractivity (Wildman–Crippen MR) is 63.5 cm³/mol. The SMILES string of the molecule is NC(=O)c1ccc(-n2ncc(C(=O)O)c2N)cc1. The van der Waals surface area contributed by atoms with E-state index in [4.69, 9.17) is 16.6 Å². The molecule has 0 radical (unpaired) electrons. The maximum atomic E-state index is 10.9. The first-order chi connectivity index (χ1) is 8.50. The summed E-state index contributed by atoms with van der Waals surface area (Å²) in [6.45, 7) is 0. The lowest BCUT2D eigenvalue weighted by Gasteiger charge is -2.04. The van der Waals surface area contributed by atoms with Gasteiger partial charge < -0.3 is 16.6 Å². The van der Waals surface area contributed by atoms with Gasteiger partial charge in [-0.15, -0.1) is 0 Å². The van der Waals surface area contributed by atoms with E-state index in [2.05, 4.69) is 5.10 Å². The average Bonchev–Trinajstić information content (AvgIpc) is 2.71. The molecule has 7 nitrogen and oxygen atoms in total. The Morgan fingerprint density at radius 3 is 2.28 bits per heavy atom. The summed E-state index contributed by atoms with van der Waals surface area (Å²) in [6, 6.07) is 6.18. The minimum Gasteiger partial charge on any atom is -0.477 e. The number of anilines is 1. The van der Waals surface area contributed by atoms with Gasteiger partial charge in [0.15, 0.2) is 0 Å². The lowest BCUT2D eigenvalue weighted by atomic mass is 10.2. The van der Waals surface area contributed by atoms with Crippen molar-refractivity contribution in [1.29, 1.82) is 0 Å². The fraction of sp³-hybridized carbons (Fsp3) is 0. The van der Waals surface area contributed by atoms with Crippen LogP contribution < -0.4 is 11.5 Å². The third-order valence-electron chi connectivity index (χ3n) is 2.43. The number of benzene rings is 1. The quantitative estimate of drug-likeness (QED) is 0.716. The van der Waals surface area contributed by atoms with Crippen LogP contribution in [-0.2, 0) is 0 Å². The summed E-state index contributed by atoms with van der Waals surface area (Å²) in [7, 11) is 0. The van der Waals surface area contributed by atoms with E-state index >= 15 is 0 Å². The number of primary amides is 1. The molecule has 18 heavy (non-hydrogen) atoms. The Labute approximate surface area is 102 Å². The van der Waals surface area contributed by atoms with Crippen LogP contribution >= 0.6 is 0 Å². The molecule has 1 aromatic carbocycles. The van der Waals surface area contributed by atoms with E-state index in [1.807, 2.05) is 0 Å². The smallest absolute Gasteiger partial charge is 0.341 e. The van der Waals surface area contributed by atoms with Crippen LogP contribution in [0.5, 0.6) is 0 Å². The minimum absolute atomic E-state index is 0.0225. The van der Waals surface area contributed by atoms with E-state index in [-0.39, 0.29) is 11.4 Å². The number of nitrogens with two attached hydrogens (primary N) is 2. The third-order valence-corrected chi connectivity index (χ3v) is 2.43. The number of carboxylic acid groups (broad SMARTS) is 1. The molecular weight excluding hydrogens is 236 g/mol. The molecule has 1 heterocycles. The second-order valence-corrected chi connectivity index (χ2v) is 3.57. The van der Waals surface area contributed by atoms with Crippen LogP contribution in [0.25, 0.3) is 5.69 Å². The predicted octanol–water partition coefficient (Wildman–Crippen LogP) is 0.252. The average molecular weight is 246 g/mol. The van der Waals surface area contributed by atoms with Crippen molar-refractivity contribution in [3.63, 3.8) is 0 Å². The van der Waals surface area contributed by atoms with Crippen molar-refractivity contribution >= 4 is 17.7 Å². The standard InChI is InChI=1S/C11H10N4O3/c12-9-8(11(17)18)5-14-15(9)7-3-1-6(2-4-7)10(13)16/h1-5H,12H2,(H2,13,16)(H,17,18). The molecule has 1 aromatic heterocycles. The molecule has 0 aliphatic heterocycles. The molecule has 92 valence electrons. The molecule has 2 aromatic rings. The van der Waals surface area contributed by atoms with Crippen LogP contribution in [-0.4, -0.2) is 26.8 Å². The maximum Gasteiger partial charge on any atom is 0.341 e. The molecule has 0 saturated heterocycles. The fourth-order valence-electron chi connectivity index (χ4n) is 1.50. The van der Waals surface area contributed by atoms with Crippen molar-refractivity contribution < 1.29 is 14.7 Å². The molecule has 5 N–H and O–H groups in total. The molecule has 0 saturated carbocycles. The molecule has 7 heteroatoms. The van der Waals surface area contributed by atoms with Crippen molar-refractivity contribution in [2.45, 2.75) is 0 Å². The number of carbonyl (C=O) groups excluding carboxylic acids is 1. The highest BCUT2D eigenvalue weighted by Crippen LogP contribution is 2.17. The minimum atomic E-state index is -1.15. The van der Waals surface area contributed by atoms with Gasteiger partial charge >= 0.3 is 5.97 Å². The molecular formula is C11H10N4O3. The van der Waals surface area contributed by atoms with Crippen molar-refractivity contribution in [2.24, 2.45) is 5.73 Å². The van der Waals surface area contributed by atoms with Crippen molar-refractivity contribution in [3.05, 3.63) is 41.6 Å². The highest BCUT2D eigenvalue weighted by molar-refractivity contribution is 5.93. The van der Waals surface area contributed by atoms with E-state index in [1.165, 1.54) is 23.0 Å². The number of hydrogen-bond donors (Lipinski definition) is 3. The summed E-state index contributed by atoms with van der Waals surface area (Å²) in [5.74, 6) is -1.66. The number of aromatic carboxylic acids is 1. The molecule has 0 unspecified atom stereocenters. The zero-order valence-corrected chi connectivity index (χ0v) is 9.20. The molecule has 0 spiro atoms. The second-order valence-electron chi connectivity index (χ2n) is 3.57. The lowest BCUT2D eigenvalue weighted by Crippen LogP contribution is -2.11. The summed E-state index contributed by atoms with van der Waals surface area (Å²) in [4.78, 5) is 21.7. The Morgan fingerprint density at radius 1 is 1.22 bits per heavy atom. The molecule has 0 bridgehead atoms. The van der Waals surface area contributed by atoms with E-state index in [0.29, 0.717) is 11.3 Å². The van der Waals surface area contributed by atoms with Gasteiger partial charge in [-0.3, -0.25) is 4.79 Å². The maximum absolute atomic E-state index is 10.9. The van der Waals surface area contributed by atoms with Crippen molar-refractivity contribution in [2.75, 3.05) is 5.73 Å². The molecule has 0 atom stereocenters. The normalized spacial score (nSPS) is 10.2. The van der Waals surface area contributed by atoms with Crippen molar-refractivity contribution in [3.8, 4) is 5.69 Å². The zero-order chi connectivity index (χ0) is 13.3. The summed E-state index contributed by atoms with van der Waals surface area (Å²) < 4.78 is 1.27. The van der Waals surface area contributed by atoms with Crippen LogP contribution in [0, 0.1) is 0 Å². The highest BCUT2D eigenvalue weighted by atomic mass is 16.4. The van der Waals surface area contributed by atoms with E-state index < -0.39 is 11.9 Å². The number of nitrogen functional groups attached to an aromatic ring is 1. The van der Waals surface area contributed by atoms with Crippen LogP contribution in [0.4, 0.5) is 5.82 Å². The molecule has 0 aliphatic carbocycles. The third kappa shape index (κ3) is 1.88. The van der Waals surface area contributed by atoms with Gasteiger partial charge in [-0.25, -0.2) is 9.48 Å². The van der Waals surface area contributed by atoms with E-state index in [9.17, 15) is 9.59 Å². The number of nitrogens with zero attached hydrogens (tertiary/aromatic N) is 2. The Hall–Kier alpha value is -2.83. The Bertz CT molecular complexity index is 616. The van der Waals surface area contributed by atoms with Gasteiger partial charge in [-0.05, 0) is 24.3 Å². The topological polar surface area (TPSA) is 124 Å². The van der Waals surface area contributed by atoms with Crippen LogP contribution in [0.3, 0.4) is 0 Å². The Balaban J connectivity index is 2.43. The fourth-order valence-corrected chi connectivity index (χ4v) is 1.50. The number of hydrogen-bond acceptors (Lipinski definition) is 4. The first-order valence-electron chi connectivity index (χ1n) is 4.97. The molecule has 2 rings (SSSR count). The number of amides is 1. The van der Waals surface area contributed by atoms with Gasteiger partial charge in [0.25, 0.3) is 0 Å². The lowest BCUT2D eigenvalue weighted by molar-refractivity contribution is 0.0698. The van der Waals surface area contributed by atoms with Crippen LogP contribution in [0.2, 0.25) is 0 Å². The highest BCUT2D eigenvalue weighted by Gasteiger charge is 2.14. The number of aromatic nitrogens is 2. The van der Waals surface area contributed by atoms with E-state index in [0.717, 1.165) is 0 Å². The molecule has 0 fully saturated rings. The van der Waals surface area contributed by atoms with Crippen molar-refractivity contribution in [1.82, 2.24) is 9.78 Å². The van der Waals surface area contributed by atoms with Crippen LogP contribution in [0.1, 0.15) is 20.7 Å². The second kappa shape index (κ2) is 4.21. The first-order valence-corrected chi connectivity index (χ1v) is 4.97. The number of carboxylic acids is 1. The Morgan fingerprint density at radius 2 is 1.83 bits per heavy atom. The Kier molecular flexibility index (Phi) is 2.72. The van der Waals surface area contributed by atoms with Gasteiger partial charge in [0.1, 0.15) is 11.4 Å². The largest absolute Gasteiger partial charge is 0.477 e. The van der Waals surface area contributed by atoms with Gasteiger partial charge in [-0.1, -0.05) is 0 Å². The summed E-state index contributed by atoms with van der Waals surface area (Å²) in [5.41, 5.74) is 11.6. The molecule has 1 amide bonds. The monoisotopic (exact) mass is 246 g/mol. The van der Waals surface area contributed by atoms with Gasteiger partial charge in [-0.2, -0.15) is 5.10 Å². The zero-order valence-electron chi connectivity index (χ0n) is 9.20. The van der Waals surface area contributed by atoms with Gasteiger partial charge in [0.05, 0.1) is 11.9 Å². The summed E-state index contributed by atoms with van der Waals surface area (Å²) in [6.07, 6.45) is 1.17. The summed E-state index contributed by atoms with van der Waals surface area (Å²) in [5, 5.41) is 12.7. The molecule has 0 aliphatic rings. The van der Waals surface area contributed by atoms with Gasteiger partial charge in [0, 0.05) is 5.56 Å².